The number of hydrogen-bond acceptors (Lipinski definition) is 11. The second-order valence-electron chi connectivity index (χ2n) is 17.2. The van der Waals surface area contributed by atoms with Crippen molar-refractivity contribution in [1.82, 2.24) is 10.2 Å². The first-order valence-corrected chi connectivity index (χ1v) is 23.1. The highest BCUT2D eigenvalue weighted by Gasteiger charge is 2.36. The molecule has 3 aromatic carbocycles. The van der Waals surface area contributed by atoms with Gasteiger partial charge in [0, 0.05) is 80.8 Å². The maximum atomic E-state index is 14.8. The van der Waals surface area contributed by atoms with E-state index < -0.39 is 47.4 Å². The number of nitrogens with zero attached hydrogens (tertiary/aromatic N) is 2. The minimum absolute atomic E-state index is 0.0356. The molecule has 7 N–H and O–H groups in total. The number of primary amides is 1. The SMILES string of the molecule is CCCCCCCCc1ccc(C(=O)C[C@@H](CCC(N)=O)C(=O)N(C)[C@@H]2C(=O)C[C@@H](C)C(=O)N[C@H](C(=O)CCC#N)Cc3ccc(OCCN)c(c3)-c3cc2ccc3OCCN)c(C)c1. The largest absolute Gasteiger partial charge is 0.492 e. The van der Waals surface area contributed by atoms with Gasteiger partial charge in [0.15, 0.2) is 17.3 Å². The standard InChI is InChI=1S/C51H68N6O8/c1-5-6-7-8-9-10-12-35-14-18-39(33(2)27-35)44(59)32-38(17-21-48(55)61)51(63)57(4)49-37-16-20-47(65-26-24-54)41(31-37)40-29-36(15-19-46(40)64-25-23-53)30-42(43(58)13-11-22-52)56-50(62)34(3)28-45(49)60/h14-16,18-20,27,29,31,34,38,42,49H,5-13,17,21,23-26,28,30,32,53-54H2,1-4H3,(H2,55,61)(H,56,62)/t34-,38-,42+,49+/m1/s1. The maximum absolute atomic E-state index is 14.8. The number of benzene rings is 3. The van der Waals surface area contributed by atoms with Crippen LogP contribution in [-0.2, 0) is 36.8 Å². The van der Waals surface area contributed by atoms with Crippen LogP contribution in [-0.4, -0.2) is 79.4 Å². The van der Waals surface area contributed by atoms with E-state index in [2.05, 4.69) is 12.2 Å². The topological polar surface area (TPSA) is 238 Å². The predicted octanol–water partition coefficient (Wildman–Crippen LogP) is 6.40. The zero-order valence-electron chi connectivity index (χ0n) is 38.6. The van der Waals surface area contributed by atoms with E-state index in [1.54, 1.807) is 43.3 Å². The van der Waals surface area contributed by atoms with Gasteiger partial charge in [0.1, 0.15) is 30.8 Å². The van der Waals surface area contributed by atoms with Crippen LogP contribution in [0.3, 0.4) is 0 Å². The number of nitrogens with two attached hydrogens (primary N) is 3. The van der Waals surface area contributed by atoms with Crippen molar-refractivity contribution < 1.29 is 38.2 Å². The molecule has 0 spiro atoms. The molecule has 0 radical (unpaired) electrons. The summed E-state index contributed by atoms with van der Waals surface area (Å²) in [6.07, 6.45) is 7.16. The van der Waals surface area contributed by atoms with Crippen LogP contribution in [0.4, 0.5) is 0 Å². The second-order valence-corrected chi connectivity index (χ2v) is 17.2. The summed E-state index contributed by atoms with van der Waals surface area (Å²) in [6, 6.07) is 15.9. The number of nitrogens with one attached hydrogen (secondary N) is 1. The van der Waals surface area contributed by atoms with Crippen molar-refractivity contribution >= 4 is 35.1 Å². The Labute approximate surface area is 384 Å². The lowest BCUT2D eigenvalue weighted by atomic mass is 9.87. The molecule has 0 aromatic heterocycles. The average Bonchev–Trinajstić information content (AvgIpc) is 3.28. The first-order valence-electron chi connectivity index (χ1n) is 23.1. The van der Waals surface area contributed by atoms with Crippen LogP contribution < -0.4 is 32.0 Å². The Morgan fingerprint density at radius 2 is 1.54 bits per heavy atom. The molecule has 14 nitrogen and oxygen atoms in total. The molecule has 3 aromatic rings. The van der Waals surface area contributed by atoms with E-state index in [1.165, 1.54) is 37.6 Å². The Hall–Kier alpha value is -5.91. The van der Waals surface area contributed by atoms with Gasteiger partial charge in [0.2, 0.25) is 17.7 Å². The summed E-state index contributed by atoms with van der Waals surface area (Å²) in [5.41, 5.74) is 21.8. The number of carbonyl (C=O) groups is 6. The highest BCUT2D eigenvalue weighted by atomic mass is 16.5. The van der Waals surface area contributed by atoms with Crippen molar-refractivity contribution in [2.75, 3.05) is 33.4 Å². The van der Waals surface area contributed by atoms with Crippen molar-refractivity contribution in [3.05, 3.63) is 82.4 Å². The minimum Gasteiger partial charge on any atom is -0.492 e. The lowest BCUT2D eigenvalue weighted by Crippen LogP contribution is -2.45. The van der Waals surface area contributed by atoms with Gasteiger partial charge in [-0.3, -0.25) is 28.8 Å². The van der Waals surface area contributed by atoms with Crippen molar-refractivity contribution in [1.29, 1.82) is 5.26 Å². The van der Waals surface area contributed by atoms with Gasteiger partial charge in [-0.15, -0.1) is 0 Å². The van der Waals surface area contributed by atoms with Crippen LogP contribution in [0.25, 0.3) is 11.1 Å². The summed E-state index contributed by atoms with van der Waals surface area (Å²) in [4.78, 5) is 84.3. The second kappa shape index (κ2) is 26.1. The number of unbranched alkanes of at least 4 members (excludes halogenated alkanes) is 5. The molecule has 4 atom stereocenters. The number of hydrogen-bond donors (Lipinski definition) is 4. The van der Waals surface area contributed by atoms with Crippen LogP contribution in [0.2, 0.25) is 0 Å². The van der Waals surface area contributed by atoms with Crippen molar-refractivity contribution in [2.45, 2.75) is 123 Å². The normalized spacial score (nSPS) is 16.7. The van der Waals surface area contributed by atoms with E-state index in [0.717, 1.165) is 30.4 Å². The van der Waals surface area contributed by atoms with E-state index in [0.29, 0.717) is 39.3 Å². The predicted molar refractivity (Wildman–Crippen MR) is 250 cm³/mol. The number of fused-ring (bicyclic) bond motifs is 5. The molecule has 0 fully saturated rings. The van der Waals surface area contributed by atoms with Gasteiger partial charge in [-0.05, 0) is 79.1 Å². The molecule has 4 rings (SSSR count). The number of ether oxygens (including phenoxy) is 2. The van der Waals surface area contributed by atoms with Gasteiger partial charge in [0.25, 0.3) is 0 Å². The van der Waals surface area contributed by atoms with Crippen LogP contribution in [0.5, 0.6) is 11.5 Å². The summed E-state index contributed by atoms with van der Waals surface area (Å²) < 4.78 is 12.2. The van der Waals surface area contributed by atoms with Crippen LogP contribution in [0.15, 0.2) is 54.6 Å². The highest BCUT2D eigenvalue weighted by molar-refractivity contribution is 6.01. The Bertz CT molecular complexity index is 2180. The average molecular weight is 893 g/mol. The van der Waals surface area contributed by atoms with Crippen LogP contribution in [0.1, 0.15) is 130 Å². The van der Waals surface area contributed by atoms with E-state index in [-0.39, 0.29) is 82.8 Å². The van der Waals surface area contributed by atoms with Gasteiger partial charge in [-0.1, -0.05) is 76.3 Å². The van der Waals surface area contributed by atoms with Crippen LogP contribution in [0, 0.1) is 30.1 Å². The third kappa shape index (κ3) is 15.1. The van der Waals surface area contributed by atoms with Gasteiger partial charge in [-0.2, -0.15) is 5.26 Å². The quantitative estimate of drug-likeness (QED) is 0.0567. The lowest BCUT2D eigenvalue weighted by Gasteiger charge is -2.32. The fraction of sp³-hybridized carbons (Fsp3) is 0.510. The minimum atomic E-state index is -1.28. The number of Topliss-reactive ketones (excluding diaryl/α,β-unsaturated/α-hetero) is 3. The zero-order valence-corrected chi connectivity index (χ0v) is 38.6. The molecule has 1 aliphatic heterocycles. The van der Waals surface area contributed by atoms with E-state index in [1.807, 2.05) is 31.2 Å². The summed E-state index contributed by atoms with van der Waals surface area (Å²) >= 11 is 0. The Morgan fingerprint density at radius 1 is 0.877 bits per heavy atom. The number of nitriles is 1. The number of rotatable bonds is 24. The number of carbonyl (C=O) groups excluding carboxylic acids is 6. The molecule has 0 saturated heterocycles. The molecule has 14 heteroatoms. The molecule has 350 valence electrons. The zero-order chi connectivity index (χ0) is 47.5. The monoisotopic (exact) mass is 893 g/mol. The van der Waals surface area contributed by atoms with Crippen molar-refractivity contribution in [3.63, 3.8) is 0 Å². The molecule has 65 heavy (non-hydrogen) atoms. The fourth-order valence-electron chi connectivity index (χ4n) is 8.39. The first kappa shape index (κ1) is 51.7. The molecule has 3 amide bonds. The third-order valence-corrected chi connectivity index (χ3v) is 12.0. The molecule has 0 unspecified atom stereocenters. The van der Waals surface area contributed by atoms with Crippen LogP contribution >= 0.6 is 0 Å². The molecule has 1 aliphatic rings. The molecular weight excluding hydrogens is 825 g/mol. The summed E-state index contributed by atoms with van der Waals surface area (Å²) in [5, 5.41) is 12.1. The lowest BCUT2D eigenvalue weighted by molar-refractivity contribution is -0.142. The Kier molecular flexibility index (Phi) is 20.8. The number of aryl methyl sites for hydroxylation is 2. The van der Waals surface area contributed by atoms with E-state index >= 15 is 0 Å². The van der Waals surface area contributed by atoms with Gasteiger partial charge in [0.05, 0.1) is 12.1 Å². The Morgan fingerprint density at radius 3 is 2.18 bits per heavy atom. The summed E-state index contributed by atoms with van der Waals surface area (Å²) in [7, 11) is 1.47. The Balaban J connectivity index is 1.79. The fourth-order valence-corrected chi connectivity index (χ4v) is 8.39. The smallest absolute Gasteiger partial charge is 0.226 e. The number of likely N-dealkylation sites (N-methyl/N-ethyl adjacent to an activating group) is 1. The molecule has 0 aliphatic carbocycles. The molecule has 1 heterocycles. The van der Waals surface area contributed by atoms with Crippen molar-refractivity contribution in [3.8, 4) is 28.7 Å². The molecule has 4 bridgehead atoms. The number of amides is 3. The van der Waals surface area contributed by atoms with E-state index in [4.69, 9.17) is 26.7 Å². The van der Waals surface area contributed by atoms with Gasteiger partial charge >= 0.3 is 0 Å². The summed E-state index contributed by atoms with van der Waals surface area (Å²) in [5.74, 6) is -3.99. The molecule has 0 saturated carbocycles. The third-order valence-electron chi connectivity index (χ3n) is 12.0. The highest BCUT2D eigenvalue weighted by Crippen LogP contribution is 2.41. The summed E-state index contributed by atoms with van der Waals surface area (Å²) in [6.45, 7) is 6.38. The van der Waals surface area contributed by atoms with Gasteiger partial charge < -0.3 is 36.9 Å². The maximum Gasteiger partial charge on any atom is 0.226 e. The number of ketones is 3. The molecular formula is C51H68N6O8. The van der Waals surface area contributed by atoms with E-state index in [9.17, 15) is 34.0 Å². The first-order chi connectivity index (χ1) is 31.2. The van der Waals surface area contributed by atoms with Crippen molar-refractivity contribution in [2.24, 2.45) is 29.0 Å². The van der Waals surface area contributed by atoms with Gasteiger partial charge in [-0.25, -0.2) is 0 Å².